The quantitative estimate of drug-likeness (QED) is 0.232. The average Bonchev–Trinajstić information content (AvgIpc) is 3.27. The van der Waals surface area contributed by atoms with Crippen LogP contribution in [0.2, 0.25) is 0 Å². The molecule has 2 amide bonds. The molecule has 234 valence electrons. The summed E-state index contributed by atoms with van der Waals surface area (Å²) in [6.07, 6.45) is -5.88. The molecule has 3 aromatic rings. The SMILES string of the molecule is O=C(CCC(F)(F)F)N[C@H](O)c1cnn2cc([C@@H](NC(=O)c3cnnn3CC3CC3(F)F)C3CCC(F)(F)CC3)nc2c1. The van der Waals surface area contributed by atoms with Gasteiger partial charge in [0.15, 0.2) is 11.9 Å². The molecule has 2 fully saturated rings. The number of amides is 2. The normalized spacial score (nSPS) is 21.3. The molecule has 43 heavy (non-hydrogen) atoms. The molecule has 11 nitrogen and oxygen atoms in total. The topological polar surface area (TPSA) is 139 Å². The monoisotopic (exact) mass is 620 g/mol. The number of carbonyl (C=O) groups excluding carboxylic acids is 2. The number of carbonyl (C=O) groups is 2. The summed E-state index contributed by atoms with van der Waals surface area (Å²) in [5.41, 5.74) is 0.265. The van der Waals surface area contributed by atoms with Gasteiger partial charge >= 0.3 is 6.18 Å². The second-order valence-corrected chi connectivity index (χ2v) is 11.0. The van der Waals surface area contributed by atoms with Crippen molar-refractivity contribution < 1.29 is 45.4 Å². The molecule has 3 N–H and O–H groups in total. The molecule has 0 aromatic carbocycles. The Bertz CT molecular complexity index is 1480. The Hall–Kier alpha value is -3.83. The van der Waals surface area contributed by atoms with Crippen LogP contribution in [0.4, 0.5) is 30.7 Å². The van der Waals surface area contributed by atoms with Gasteiger partial charge in [-0.05, 0) is 24.8 Å². The minimum absolute atomic E-state index is 0.00903. The van der Waals surface area contributed by atoms with E-state index in [1.165, 1.54) is 16.8 Å². The zero-order valence-electron chi connectivity index (χ0n) is 22.4. The zero-order chi connectivity index (χ0) is 31.2. The van der Waals surface area contributed by atoms with Gasteiger partial charge in [0, 0.05) is 37.2 Å². The van der Waals surface area contributed by atoms with E-state index < -0.39 is 79.6 Å². The van der Waals surface area contributed by atoms with Crippen molar-refractivity contribution in [1.29, 1.82) is 0 Å². The van der Waals surface area contributed by atoms with Gasteiger partial charge in [0.2, 0.25) is 11.8 Å². The van der Waals surface area contributed by atoms with Crippen LogP contribution in [0.1, 0.15) is 79.0 Å². The number of rotatable bonds is 10. The molecule has 5 rings (SSSR count). The number of alkyl halides is 7. The third-order valence-corrected chi connectivity index (χ3v) is 7.65. The third kappa shape index (κ3) is 7.40. The van der Waals surface area contributed by atoms with Crippen molar-refractivity contribution in [3.8, 4) is 0 Å². The molecule has 0 radical (unpaired) electrons. The highest BCUT2D eigenvalue weighted by Crippen LogP contribution is 2.49. The Morgan fingerprint density at radius 2 is 1.81 bits per heavy atom. The first-order valence-corrected chi connectivity index (χ1v) is 13.4. The first-order valence-electron chi connectivity index (χ1n) is 13.4. The van der Waals surface area contributed by atoms with Gasteiger partial charge in [-0.1, -0.05) is 5.21 Å². The fourth-order valence-corrected chi connectivity index (χ4v) is 5.06. The molecule has 2 saturated carbocycles. The second-order valence-electron chi connectivity index (χ2n) is 11.0. The molecule has 0 aliphatic heterocycles. The molecule has 0 bridgehead atoms. The van der Waals surface area contributed by atoms with Crippen LogP contribution in [0.15, 0.2) is 24.7 Å². The van der Waals surface area contributed by atoms with E-state index in [2.05, 4.69) is 25.7 Å². The Balaban J connectivity index is 1.35. The maximum absolute atomic E-state index is 13.9. The lowest BCUT2D eigenvalue weighted by atomic mass is 9.81. The summed E-state index contributed by atoms with van der Waals surface area (Å²) in [6, 6.07) is 0.403. The zero-order valence-corrected chi connectivity index (χ0v) is 22.4. The van der Waals surface area contributed by atoms with Gasteiger partial charge in [-0.3, -0.25) is 9.59 Å². The van der Waals surface area contributed by atoms with Gasteiger partial charge in [-0.15, -0.1) is 5.10 Å². The van der Waals surface area contributed by atoms with Crippen LogP contribution in [0.3, 0.4) is 0 Å². The van der Waals surface area contributed by atoms with Gasteiger partial charge in [0.1, 0.15) is 5.69 Å². The molecule has 1 unspecified atom stereocenters. The second kappa shape index (κ2) is 11.3. The Morgan fingerprint density at radius 1 is 1.12 bits per heavy atom. The standard InChI is InChI=1S/C25H27F7N8O3/c26-23(27)4-1-13(2-5-23)20(37-22(43)17-10-33-38-39(17)11-15-8-24(15,28)29)16-12-40-18(35-16)7-14(9-34-40)21(42)36-19(41)3-6-25(30,31)32/h7,9-10,12-13,15,20-21,42H,1-6,8,11H2,(H,36,41)(H,37,43)/t15?,20-,21+/m0/s1. The number of nitrogens with zero attached hydrogens (tertiary/aromatic N) is 6. The Kier molecular flexibility index (Phi) is 8.08. The van der Waals surface area contributed by atoms with Gasteiger partial charge < -0.3 is 15.7 Å². The van der Waals surface area contributed by atoms with Crippen LogP contribution < -0.4 is 10.6 Å². The number of imidazole rings is 1. The summed E-state index contributed by atoms with van der Waals surface area (Å²) in [5, 5.41) is 26.6. The van der Waals surface area contributed by atoms with Crippen molar-refractivity contribution in [3.05, 3.63) is 41.6 Å². The molecular formula is C25H27F7N8O3. The predicted octanol–water partition coefficient (Wildman–Crippen LogP) is 3.72. The molecule has 18 heteroatoms. The minimum Gasteiger partial charge on any atom is -0.369 e. The van der Waals surface area contributed by atoms with Crippen LogP contribution >= 0.6 is 0 Å². The molecule has 0 saturated heterocycles. The highest BCUT2D eigenvalue weighted by Gasteiger charge is 2.57. The van der Waals surface area contributed by atoms with E-state index in [4.69, 9.17) is 0 Å². The van der Waals surface area contributed by atoms with Crippen LogP contribution in [0, 0.1) is 11.8 Å². The van der Waals surface area contributed by atoms with Gasteiger partial charge in [-0.2, -0.15) is 18.3 Å². The van der Waals surface area contributed by atoms with Crippen molar-refractivity contribution in [1.82, 2.24) is 40.2 Å². The largest absolute Gasteiger partial charge is 0.389 e. The van der Waals surface area contributed by atoms with E-state index in [-0.39, 0.29) is 48.4 Å². The summed E-state index contributed by atoms with van der Waals surface area (Å²) in [7, 11) is 0. The van der Waals surface area contributed by atoms with E-state index >= 15 is 0 Å². The maximum atomic E-state index is 13.9. The van der Waals surface area contributed by atoms with Crippen molar-refractivity contribution in [2.24, 2.45) is 11.8 Å². The lowest BCUT2D eigenvalue weighted by molar-refractivity contribution is -0.145. The summed E-state index contributed by atoms with van der Waals surface area (Å²) in [5.74, 6) is -8.94. The number of aromatic nitrogens is 6. The number of aliphatic hydroxyl groups is 1. The van der Waals surface area contributed by atoms with Gasteiger partial charge in [0.25, 0.3) is 11.8 Å². The van der Waals surface area contributed by atoms with E-state index in [1.54, 1.807) is 0 Å². The Labute approximate surface area is 238 Å². The lowest BCUT2D eigenvalue weighted by Gasteiger charge is -2.33. The number of halogens is 7. The molecule has 3 atom stereocenters. The van der Waals surface area contributed by atoms with Crippen LogP contribution in [0.25, 0.3) is 5.65 Å². The number of aliphatic hydroxyl groups excluding tert-OH is 1. The van der Waals surface area contributed by atoms with Crippen LogP contribution in [0.5, 0.6) is 0 Å². The molecular weight excluding hydrogens is 593 g/mol. The van der Waals surface area contributed by atoms with Crippen molar-refractivity contribution >= 4 is 17.5 Å². The molecule has 0 spiro atoms. The highest BCUT2D eigenvalue weighted by atomic mass is 19.4. The molecule has 3 heterocycles. The van der Waals surface area contributed by atoms with E-state index in [1.807, 2.05) is 5.32 Å². The fraction of sp³-hybridized carbons (Fsp3) is 0.600. The first-order chi connectivity index (χ1) is 20.1. The summed E-state index contributed by atoms with van der Waals surface area (Å²) >= 11 is 0. The van der Waals surface area contributed by atoms with E-state index in [0.29, 0.717) is 0 Å². The number of fused-ring (bicyclic) bond motifs is 1. The molecule has 3 aromatic heterocycles. The Morgan fingerprint density at radius 3 is 2.47 bits per heavy atom. The minimum atomic E-state index is -4.54. The smallest absolute Gasteiger partial charge is 0.369 e. The first kappa shape index (κ1) is 30.6. The van der Waals surface area contributed by atoms with Crippen molar-refractivity contribution in [3.63, 3.8) is 0 Å². The maximum Gasteiger partial charge on any atom is 0.389 e. The van der Waals surface area contributed by atoms with Crippen LogP contribution in [-0.4, -0.2) is 64.5 Å². The van der Waals surface area contributed by atoms with E-state index in [0.717, 1.165) is 17.1 Å². The van der Waals surface area contributed by atoms with Crippen LogP contribution in [-0.2, 0) is 11.3 Å². The van der Waals surface area contributed by atoms with Gasteiger partial charge in [-0.25, -0.2) is 31.7 Å². The van der Waals surface area contributed by atoms with Gasteiger partial charge in [0.05, 0.1) is 43.3 Å². The molecule has 2 aliphatic carbocycles. The predicted molar refractivity (Wildman–Crippen MR) is 132 cm³/mol. The average molecular weight is 621 g/mol. The third-order valence-electron chi connectivity index (χ3n) is 7.65. The summed E-state index contributed by atoms with van der Waals surface area (Å²) < 4.78 is 94.3. The van der Waals surface area contributed by atoms with Crippen molar-refractivity contribution in [2.45, 2.75) is 81.8 Å². The summed E-state index contributed by atoms with van der Waals surface area (Å²) in [4.78, 5) is 29.5. The lowest BCUT2D eigenvalue weighted by Crippen LogP contribution is -2.38. The number of hydrogen-bond donors (Lipinski definition) is 3. The highest BCUT2D eigenvalue weighted by molar-refractivity contribution is 5.92. The number of hydrogen-bond acceptors (Lipinski definition) is 7. The van der Waals surface area contributed by atoms with E-state index in [9.17, 15) is 45.4 Å². The summed E-state index contributed by atoms with van der Waals surface area (Å²) in [6.45, 7) is -0.230. The van der Waals surface area contributed by atoms with Crippen molar-refractivity contribution in [2.75, 3.05) is 0 Å². The number of nitrogens with one attached hydrogen (secondary N) is 2. The molecule has 2 aliphatic rings. The fourth-order valence-electron chi connectivity index (χ4n) is 5.06.